The molecular formula is C9H17NO6S2. The van der Waals surface area contributed by atoms with Gasteiger partial charge in [-0.15, -0.1) is 0 Å². The number of esters is 1. The fraction of sp³-hybridized carbons (Fsp3) is 0.889. The van der Waals surface area contributed by atoms with Crippen LogP contribution >= 0.6 is 0 Å². The highest BCUT2D eigenvalue weighted by atomic mass is 32.2. The molecule has 0 radical (unpaired) electrons. The van der Waals surface area contributed by atoms with Crippen LogP contribution in [0.4, 0.5) is 0 Å². The molecule has 0 aromatic rings. The molecule has 0 aromatic carbocycles. The number of ether oxygens (including phenoxy) is 1. The van der Waals surface area contributed by atoms with Crippen molar-refractivity contribution in [2.45, 2.75) is 18.6 Å². The van der Waals surface area contributed by atoms with Crippen LogP contribution in [0.5, 0.6) is 0 Å². The number of methoxy groups -OCH3 is 1. The molecule has 0 bridgehead atoms. The zero-order valence-electron chi connectivity index (χ0n) is 10.3. The van der Waals surface area contributed by atoms with Gasteiger partial charge >= 0.3 is 5.97 Å². The Kier molecular flexibility index (Phi) is 4.73. The van der Waals surface area contributed by atoms with Gasteiger partial charge in [0.1, 0.15) is 6.54 Å². The Morgan fingerprint density at radius 1 is 1.44 bits per heavy atom. The summed E-state index contributed by atoms with van der Waals surface area (Å²) in [5.74, 6) is -1.15. The fourth-order valence-electron chi connectivity index (χ4n) is 1.80. The highest BCUT2D eigenvalue weighted by Crippen LogP contribution is 2.21. The Morgan fingerprint density at radius 3 is 2.44 bits per heavy atom. The van der Waals surface area contributed by atoms with Crippen molar-refractivity contribution in [1.82, 2.24) is 4.31 Å². The minimum atomic E-state index is -3.77. The lowest BCUT2D eigenvalue weighted by atomic mass is 10.4. The number of rotatable bonds is 5. The first kappa shape index (κ1) is 15.4. The maximum Gasteiger partial charge on any atom is 0.321 e. The maximum absolute atomic E-state index is 12.2. The second-order valence-electron chi connectivity index (χ2n) is 4.07. The molecular weight excluding hydrogens is 282 g/mol. The Morgan fingerprint density at radius 2 is 2.06 bits per heavy atom. The molecule has 0 N–H and O–H groups in total. The van der Waals surface area contributed by atoms with Gasteiger partial charge in [-0.25, -0.2) is 16.8 Å². The normalized spacial score (nSPS) is 23.2. The molecule has 0 spiro atoms. The molecule has 9 heteroatoms. The number of carbonyl (C=O) groups excluding carboxylic acids is 1. The number of hydrogen-bond acceptors (Lipinski definition) is 6. The van der Waals surface area contributed by atoms with E-state index in [9.17, 15) is 21.6 Å². The van der Waals surface area contributed by atoms with Crippen molar-refractivity contribution in [2.75, 3.05) is 31.7 Å². The van der Waals surface area contributed by atoms with Crippen LogP contribution in [0.2, 0.25) is 0 Å². The van der Waals surface area contributed by atoms with Gasteiger partial charge in [0.25, 0.3) is 0 Å². The van der Waals surface area contributed by atoms with Crippen LogP contribution in [0.25, 0.3) is 0 Å². The zero-order valence-corrected chi connectivity index (χ0v) is 12.0. The molecule has 1 aliphatic rings. The van der Waals surface area contributed by atoms with E-state index in [1.165, 1.54) is 7.11 Å². The third-order valence-electron chi connectivity index (χ3n) is 2.86. The van der Waals surface area contributed by atoms with E-state index in [-0.39, 0.29) is 31.0 Å². The Hall–Kier alpha value is -0.670. The van der Waals surface area contributed by atoms with Gasteiger partial charge in [-0.2, -0.15) is 4.31 Å². The SMILES string of the molecule is CCN(CC(=O)OC)S(=O)(=O)C1CCS(=O)(=O)C1. The summed E-state index contributed by atoms with van der Waals surface area (Å²) in [5, 5.41) is -0.952. The van der Waals surface area contributed by atoms with E-state index >= 15 is 0 Å². The van der Waals surface area contributed by atoms with Gasteiger partial charge in [0.05, 0.1) is 23.9 Å². The summed E-state index contributed by atoms with van der Waals surface area (Å²) in [4.78, 5) is 11.1. The highest BCUT2D eigenvalue weighted by Gasteiger charge is 2.40. The molecule has 0 aliphatic carbocycles. The van der Waals surface area contributed by atoms with Crippen LogP contribution in [0.3, 0.4) is 0 Å². The average Bonchev–Trinajstić information content (AvgIpc) is 2.66. The summed E-state index contributed by atoms with van der Waals surface area (Å²) in [7, 11) is -5.88. The lowest BCUT2D eigenvalue weighted by Crippen LogP contribution is -2.42. The fourth-order valence-corrected chi connectivity index (χ4v) is 6.28. The summed E-state index contributed by atoms with van der Waals surface area (Å²) in [6.45, 7) is 1.31. The van der Waals surface area contributed by atoms with E-state index < -0.39 is 31.1 Å². The monoisotopic (exact) mass is 299 g/mol. The first-order valence-electron chi connectivity index (χ1n) is 5.49. The first-order chi connectivity index (χ1) is 8.23. The van der Waals surface area contributed by atoms with Crippen LogP contribution in [-0.4, -0.2) is 64.1 Å². The Bertz CT molecular complexity index is 509. The van der Waals surface area contributed by atoms with Crippen LogP contribution in [-0.2, 0) is 29.4 Å². The molecule has 0 amide bonds. The molecule has 1 saturated heterocycles. The van der Waals surface area contributed by atoms with Crippen molar-refractivity contribution in [3.05, 3.63) is 0 Å². The molecule has 0 aromatic heterocycles. The number of sulfonamides is 1. The second-order valence-corrected chi connectivity index (χ2v) is 8.51. The summed E-state index contributed by atoms with van der Waals surface area (Å²) >= 11 is 0. The molecule has 1 rings (SSSR count). The van der Waals surface area contributed by atoms with Crippen LogP contribution in [0.1, 0.15) is 13.3 Å². The molecule has 7 nitrogen and oxygen atoms in total. The number of likely N-dealkylation sites (N-methyl/N-ethyl adjacent to an activating group) is 1. The van der Waals surface area contributed by atoms with Crippen molar-refractivity contribution in [3.8, 4) is 0 Å². The summed E-state index contributed by atoms with van der Waals surface area (Å²) in [5.41, 5.74) is 0. The van der Waals surface area contributed by atoms with Crippen molar-refractivity contribution >= 4 is 25.8 Å². The van der Waals surface area contributed by atoms with E-state index in [1.807, 2.05) is 0 Å². The van der Waals surface area contributed by atoms with Crippen LogP contribution in [0.15, 0.2) is 0 Å². The predicted molar refractivity (Wildman–Crippen MR) is 65.2 cm³/mol. The van der Waals surface area contributed by atoms with Gasteiger partial charge in [0, 0.05) is 6.54 Å². The number of hydrogen-bond donors (Lipinski definition) is 0. The van der Waals surface area contributed by atoms with Gasteiger partial charge < -0.3 is 4.74 Å². The first-order valence-corrected chi connectivity index (χ1v) is 8.81. The van der Waals surface area contributed by atoms with E-state index in [2.05, 4.69) is 4.74 Å². The highest BCUT2D eigenvalue weighted by molar-refractivity contribution is 7.95. The maximum atomic E-state index is 12.2. The van der Waals surface area contributed by atoms with Crippen molar-refractivity contribution in [2.24, 2.45) is 0 Å². The third-order valence-corrected chi connectivity index (χ3v) is 7.19. The molecule has 106 valence electrons. The van der Waals surface area contributed by atoms with Crippen molar-refractivity contribution in [1.29, 1.82) is 0 Å². The minimum absolute atomic E-state index is 0.0857. The Balaban J connectivity index is 2.87. The average molecular weight is 299 g/mol. The van der Waals surface area contributed by atoms with Gasteiger partial charge in [-0.1, -0.05) is 6.92 Å². The molecule has 1 atom stereocenters. The van der Waals surface area contributed by atoms with E-state index in [1.54, 1.807) is 6.92 Å². The Labute approximate surface area is 107 Å². The lowest BCUT2D eigenvalue weighted by molar-refractivity contribution is -0.140. The molecule has 1 aliphatic heterocycles. The molecule has 1 fully saturated rings. The number of nitrogens with zero attached hydrogens (tertiary/aromatic N) is 1. The lowest BCUT2D eigenvalue weighted by Gasteiger charge is -2.22. The largest absolute Gasteiger partial charge is 0.468 e. The van der Waals surface area contributed by atoms with Crippen LogP contribution < -0.4 is 0 Å². The number of carbonyl (C=O) groups is 1. The van der Waals surface area contributed by atoms with Crippen LogP contribution in [0, 0.1) is 0 Å². The standard InChI is InChI=1S/C9H17NO6S2/c1-3-10(6-9(11)16-2)18(14,15)8-4-5-17(12,13)7-8/h8H,3-7H2,1-2H3. The van der Waals surface area contributed by atoms with Crippen molar-refractivity contribution < 1.29 is 26.4 Å². The van der Waals surface area contributed by atoms with E-state index in [0.717, 1.165) is 4.31 Å². The second kappa shape index (κ2) is 5.54. The third kappa shape index (κ3) is 3.42. The summed E-state index contributed by atoms with van der Waals surface area (Å²) in [6.07, 6.45) is 0.0857. The predicted octanol–water partition coefficient (Wildman–Crippen LogP) is -1.00. The van der Waals surface area contributed by atoms with Crippen molar-refractivity contribution in [3.63, 3.8) is 0 Å². The quantitative estimate of drug-likeness (QED) is 0.604. The number of sulfone groups is 1. The summed E-state index contributed by atoms with van der Waals surface area (Å²) in [6, 6.07) is 0. The van der Waals surface area contributed by atoms with Gasteiger partial charge in [0.2, 0.25) is 10.0 Å². The van der Waals surface area contributed by atoms with E-state index in [0.29, 0.717) is 0 Å². The molecule has 0 saturated carbocycles. The molecule has 18 heavy (non-hydrogen) atoms. The minimum Gasteiger partial charge on any atom is -0.468 e. The van der Waals surface area contributed by atoms with Gasteiger partial charge in [-0.05, 0) is 6.42 Å². The zero-order chi connectivity index (χ0) is 14.0. The smallest absolute Gasteiger partial charge is 0.321 e. The van der Waals surface area contributed by atoms with Gasteiger partial charge in [-0.3, -0.25) is 4.79 Å². The molecule has 1 unspecified atom stereocenters. The topological polar surface area (TPSA) is 97.8 Å². The summed E-state index contributed by atoms with van der Waals surface area (Å²) < 4.78 is 52.3. The molecule has 1 heterocycles. The van der Waals surface area contributed by atoms with E-state index in [4.69, 9.17) is 0 Å². The van der Waals surface area contributed by atoms with Gasteiger partial charge in [0.15, 0.2) is 9.84 Å².